The third-order valence-corrected chi connectivity index (χ3v) is 3.99. The van der Waals surface area contributed by atoms with Crippen LogP contribution in [0.4, 0.5) is 0 Å². The average molecular weight is 343 g/mol. The Morgan fingerprint density at radius 1 is 1.30 bits per heavy atom. The highest BCUT2D eigenvalue weighted by Gasteiger charge is 2.24. The van der Waals surface area contributed by atoms with Crippen molar-refractivity contribution in [1.82, 2.24) is 5.32 Å². The normalized spacial score (nSPS) is 12.5. The fourth-order valence-electron chi connectivity index (χ4n) is 2.12. The van der Waals surface area contributed by atoms with Gasteiger partial charge in [-0.2, -0.15) is 8.42 Å². The topological polar surface area (TPSA) is 110 Å². The number of esters is 1. The Hall–Kier alpha value is -1.93. The summed E-state index contributed by atoms with van der Waals surface area (Å²) in [4.78, 5) is 24.1. The van der Waals surface area contributed by atoms with E-state index in [0.717, 1.165) is 19.1 Å². The Bertz CT molecular complexity index is 656. The number of amides is 1. The van der Waals surface area contributed by atoms with E-state index in [-0.39, 0.29) is 6.42 Å². The second-order valence-electron chi connectivity index (χ2n) is 5.03. The molecule has 1 aromatic carbocycles. The molecule has 0 aliphatic carbocycles. The number of ether oxygens (including phenoxy) is 1. The highest BCUT2D eigenvalue weighted by atomic mass is 32.2. The maximum Gasteiger partial charge on any atom is 0.328 e. The van der Waals surface area contributed by atoms with Crippen LogP contribution < -0.4 is 5.32 Å². The highest BCUT2D eigenvalue weighted by Crippen LogP contribution is 2.12. The van der Waals surface area contributed by atoms with Crippen LogP contribution in [0.5, 0.6) is 0 Å². The van der Waals surface area contributed by atoms with E-state index >= 15 is 0 Å². The minimum atomic E-state index is -4.24. The molecule has 0 saturated carbocycles. The predicted molar refractivity (Wildman–Crippen MR) is 84.7 cm³/mol. The molecule has 1 atom stereocenters. The number of benzene rings is 1. The van der Waals surface area contributed by atoms with Crippen molar-refractivity contribution in [1.29, 1.82) is 0 Å². The molecule has 0 aliphatic rings. The van der Waals surface area contributed by atoms with Crippen LogP contribution in [0.15, 0.2) is 24.3 Å². The number of aryl methyl sites for hydroxylation is 1. The van der Waals surface area contributed by atoms with Gasteiger partial charge >= 0.3 is 5.97 Å². The first-order valence-corrected chi connectivity index (χ1v) is 8.81. The molecule has 0 unspecified atom stereocenters. The molecule has 1 rings (SSSR count). The molecule has 0 spiro atoms. The van der Waals surface area contributed by atoms with Crippen LogP contribution in [0.25, 0.3) is 0 Å². The summed E-state index contributed by atoms with van der Waals surface area (Å²) in [7, 11) is -3.10. The van der Waals surface area contributed by atoms with Gasteiger partial charge in [-0.05, 0) is 24.5 Å². The maximum atomic E-state index is 12.4. The SMILES string of the molecule is CCCc1ccccc1C(=O)N[C@@H](CCS(=O)(=O)O)C(=O)OC. The number of methoxy groups -OCH3 is 1. The zero-order chi connectivity index (χ0) is 17.5. The molecule has 0 saturated heterocycles. The van der Waals surface area contributed by atoms with E-state index in [1.807, 2.05) is 19.1 Å². The molecule has 0 radical (unpaired) electrons. The molecule has 0 bridgehead atoms. The number of hydrogen-bond donors (Lipinski definition) is 2. The Kier molecular flexibility index (Phi) is 7.18. The number of rotatable bonds is 8. The zero-order valence-corrected chi connectivity index (χ0v) is 13.9. The van der Waals surface area contributed by atoms with Crippen LogP contribution in [-0.4, -0.2) is 43.8 Å². The van der Waals surface area contributed by atoms with Gasteiger partial charge < -0.3 is 10.1 Å². The van der Waals surface area contributed by atoms with Gasteiger partial charge in [0, 0.05) is 5.56 Å². The molecule has 128 valence electrons. The van der Waals surface area contributed by atoms with Crippen molar-refractivity contribution in [3.63, 3.8) is 0 Å². The first-order valence-electron chi connectivity index (χ1n) is 7.20. The summed E-state index contributed by atoms with van der Waals surface area (Å²) in [5.41, 5.74) is 1.26. The van der Waals surface area contributed by atoms with Gasteiger partial charge in [0.1, 0.15) is 6.04 Å². The summed E-state index contributed by atoms with van der Waals surface area (Å²) in [6.07, 6.45) is 1.29. The minimum absolute atomic E-state index is 0.271. The first-order chi connectivity index (χ1) is 10.8. The lowest BCUT2D eigenvalue weighted by Crippen LogP contribution is -2.42. The van der Waals surface area contributed by atoms with Gasteiger partial charge in [-0.3, -0.25) is 9.35 Å². The standard InChI is InChI=1S/C15H21NO6S/c1-3-6-11-7-4-5-8-12(11)14(17)16-13(15(18)22-2)9-10-23(19,20)21/h4-5,7-8,13H,3,6,9-10H2,1-2H3,(H,16,17)(H,19,20,21)/t13-/m0/s1. The minimum Gasteiger partial charge on any atom is -0.467 e. The molecular formula is C15H21NO6S. The van der Waals surface area contributed by atoms with Crippen LogP contribution in [0.1, 0.15) is 35.7 Å². The summed E-state index contributed by atoms with van der Waals surface area (Å²) >= 11 is 0. The van der Waals surface area contributed by atoms with Crippen molar-refractivity contribution in [2.75, 3.05) is 12.9 Å². The summed E-state index contributed by atoms with van der Waals surface area (Å²) < 4.78 is 35.0. The highest BCUT2D eigenvalue weighted by molar-refractivity contribution is 7.85. The molecule has 0 aromatic heterocycles. The first kappa shape index (κ1) is 19.1. The number of nitrogens with one attached hydrogen (secondary N) is 1. The summed E-state index contributed by atoms with van der Waals surface area (Å²) in [6.45, 7) is 1.98. The van der Waals surface area contributed by atoms with E-state index in [9.17, 15) is 18.0 Å². The molecule has 1 aromatic rings. The average Bonchev–Trinajstić information content (AvgIpc) is 2.50. The quantitative estimate of drug-likeness (QED) is 0.542. The van der Waals surface area contributed by atoms with Gasteiger partial charge in [-0.15, -0.1) is 0 Å². The van der Waals surface area contributed by atoms with E-state index in [1.165, 1.54) is 0 Å². The molecule has 23 heavy (non-hydrogen) atoms. The van der Waals surface area contributed by atoms with Crippen LogP contribution in [0.3, 0.4) is 0 Å². The summed E-state index contributed by atoms with van der Waals surface area (Å²) in [5, 5.41) is 2.47. The Labute approximate surface area is 135 Å². The van der Waals surface area contributed by atoms with Gasteiger partial charge in [-0.25, -0.2) is 4.79 Å². The van der Waals surface area contributed by atoms with Crippen molar-refractivity contribution < 1.29 is 27.3 Å². The lowest BCUT2D eigenvalue weighted by Gasteiger charge is -2.17. The van der Waals surface area contributed by atoms with E-state index in [0.29, 0.717) is 12.0 Å². The number of carbonyl (C=O) groups is 2. The van der Waals surface area contributed by atoms with Crippen molar-refractivity contribution in [3.8, 4) is 0 Å². The predicted octanol–water partition coefficient (Wildman–Crippen LogP) is 1.19. The van der Waals surface area contributed by atoms with E-state index in [1.54, 1.807) is 12.1 Å². The van der Waals surface area contributed by atoms with Gasteiger partial charge in [0.15, 0.2) is 0 Å². The molecule has 8 heteroatoms. The van der Waals surface area contributed by atoms with Gasteiger partial charge in [0.25, 0.3) is 16.0 Å². The number of carbonyl (C=O) groups excluding carboxylic acids is 2. The summed E-state index contributed by atoms with van der Waals surface area (Å²) in [6, 6.07) is 5.84. The van der Waals surface area contributed by atoms with Gasteiger partial charge in [0.05, 0.1) is 12.9 Å². The smallest absolute Gasteiger partial charge is 0.328 e. The van der Waals surface area contributed by atoms with Crippen molar-refractivity contribution in [2.24, 2.45) is 0 Å². The van der Waals surface area contributed by atoms with Crippen LogP contribution in [0, 0.1) is 0 Å². The Morgan fingerprint density at radius 2 is 1.96 bits per heavy atom. The van der Waals surface area contributed by atoms with E-state index < -0.39 is 33.8 Å². The molecule has 2 N–H and O–H groups in total. The van der Waals surface area contributed by atoms with Gasteiger partial charge in [-0.1, -0.05) is 31.5 Å². The molecule has 0 fully saturated rings. The van der Waals surface area contributed by atoms with Crippen LogP contribution in [-0.2, 0) is 26.1 Å². The summed E-state index contributed by atoms with van der Waals surface area (Å²) in [5.74, 6) is -1.90. The van der Waals surface area contributed by atoms with E-state index in [2.05, 4.69) is 10.1 Å². The van der Waals surface area contributed by atoms with Crippen molar-refractivity contribution in [3.05, 3.63) is 35.4 Å². The largest absolute Gasteiger partial charge is 0.467 e. The molecule has 0 aliphatic heterocycles. The lowest BCUT2D eigenvalue weighted by molar-refractivity contribution is -0.142. The second kappa shape index (κ2) is 8.64. The van der Waals surface area contributed by atoms with E-state index in [4.69, 9.17) is 4.55 Å². The zero-order valence-electron chi connectivity index (χ0n) is 13.1. The third-order valence-electron chi connectivity index (χ3n) is 3.24. The third kappa shape index (κ3) is 6.37. The van der Waals surface area contributed by atoms with Crippen molar-refractivity contribution in [2.45, 2.75) is 32.2 Å². The maximum absolute atomic E-state index is 12.4. The van der Waals surface area contributed by atoms with Gasteiger partial charge in [0.2, 0.25) is 0 Å². The van der Waals surface area contributed by atoms with Crippen molar-refractivity contribution >= 4 is 22.0 Å². The fourth-order valence-corrected chi connectivity index (χ4v) is 2.66. The molecular weight excluding hydrogens is 322 g/mol. The monoisotopic (exact) mass is 343 g/mol. The molecule has 7 nitrogen and oxygen atoms in total. The van der Waals surface area contributed by atoms with Crippen LogP contribution >= 0.6 is 0 Å². The van der Waals surface area contributed by atoms with Crippen LogP contribution in [0.2, 0.25) is 0 Å². The lowest BCUT2D eigenvalue weighted by atomic mass is 10.0. The fraction of sp³-hybridized carbons (Fsp3) is 0.467. The molecule has 0 heterocycles. The second-order valence-corrected chi connectivity index (χ2v) is 6.60. The Morgan fingerprint density at radius 3 is 2.52 bits per heavy atom. The molecule has 1 amide bonds. The number of hydrogen-bond acceptors (Lipinski definition) is 5. The Balaban J connectivity index is 2.90.